The van der Waals surface area contributed by atoms with Crippen molar-refractivity contribution in [2.45, 2.75) is 18.8 Å². The van der Waals surface area contributed by atoms with Crippen molar-refractivity contribution in [2.75, 3.05) is 18.9 Å². The van der Waals surface area contributed by atoms with Crippen LogP contribution >= 0.6 is 0 Å². The van der Waals surface area contributed by atoms with Gasteiger partial charge in [-0.3, -0.25) is 0 Å². The fourth-order valence-corrected chi connectivity index (χ4v) is 2.05. The van der Waals surface area contributed by atoms with Crippen LogP contribution in [0.5, 0.6) is 0 Å². The molecule has 2 heterocycles. The third-order valence-electron chi connectivity index (χ3n) is 3.11. The van der Waals surface area contributed by atoms with Crippen LogP contribution in [0.3, 0.4) is 0 Å². The van der Waals surface area contributed by atoms with Crippen molar-refractivity contribution >= 4 is 5.69 Å². The molecule has 94 valence electrons. The van der Waals surface area contributed by atoms with Crippen molar-refractivity contribution < 1.29 is 9.26 Å². The second kappa shape index (κ2) is 4.78. The summed E-state index contributed by atoms with van der Waals surface area (Å²) in [6.07, 6.45) is 1.61. The van der Waals surface area contributed by atoms with E-state index in [9.17, 15) is 0 Å². The first-order valence-corrected chi connectivity index (χ1v) is 6.06. The van der Waals surface area contributed by atoms with Crippen molar-refractivity contribution in [1.82, 2.24) is 10.1 Å². The summed E-state index contributed by atoms with van der Waals surface area (Å²) in [6.45, 7) is 1.48. The molecule has 1 aromatic carbocycles. The van der Waals surface area contributed by atoms with Gasteiger partial charge in [-0.1, -0.05) is 17.3 Å². The number of aromatic nitrogens is 2. The summed E-state index contributed by atoms with van der Waals surface area (Å²) >= 11 is 0. The summed E-state index contributed by atoms with van der Waals surface area (Å²) in [5.41, 5.74) is 7.51. The number of nitrogens with two attached hydrogens (primary N) is 1. The van der Waals surface area contributed by atoms with E-state index >= 15 is 0 Å². The number of hydrogen-bond donors (Lipinski definition) is 1. The smallest absolute Gasteiger partial charge is 0.231 e. The molecule has 0 saturated carbocycles. The Kier molecular flexibility index (Phi) is 2.98. The zero-order chi connectivity index (χ0) is 12.4. The van der Waals surface area contributed by atoms with Gasteiger partial charge < -0.3 is 15.0 Å². The Hall–Kier alpha value is -1.88. The highest BCUT2D eigenvalue weighted by Gasteiger charge is 2.22. The minimum Gasteiger partial charge on any atom is -0.399 e. The number of hydrogen-bond acceptors (Lipinski definition) is 5. The molecule has 2 aromatic rings. The SMILES string of the molecule is Nc1ccc(Cc2nc(C3CCOC3)no2)cc1. The van der Waals surface area contributed by atoms with E-state index in [1.807, 2.05) is 24.3 Å². The predicted octanol–water partition coefficient (Wildman–Crippen LogP) is 1.75. The van der Waals surface area contributed by atoms with E-state index < -0.39 is 0 Å². The average Bonchev–Trinajstić information content (AvgIpc) is 3.02. The van der Waals surface area contributed by atoms with Gasteiger partial charge in [0.25, 0.3) is 0 Å². The van der Waals surface area contributed by atoms with Crippen LogP contribution in [0, 0.1) is 0 Å². The Labute approximate surface area is 105 Å². The highest BCUT2D eigenvalue weighted by atomic mass is 16.5. The predicted molar refractivity (Wildman–Crippen MR) is 66.1 cm³/mol. The van der Waals surface area contributed by atoms with Gasteiger partial charge >= 0.3 is 0 Å². The van der Waals surface area contributed by atoms with Crippen LogP contribution < -0.4 is 5.73 Å². The van der Waals surface area contributed by atoms with Crippen LogP contribution in [0.1, 0.15) is 29.6 Å². The Balaban J connectivity index is 1.71. The van der Waals surface area contributed by atoms with Gasteiger partial charge in [0.2, 0.25) is 5.89 Å². The molecule has 0 bridgehead atoms. The normalized spacial score (nSPS) is 19.2. The summed E-state index contributed by atoms with van der Waals surface area (Å²) in [7, 11) is 0. The van der Waals surface area contributed by atoms with Crippen molar-refractivity contribution in [2.24, 2.45) is 0 Å². The Morgan fingerprint density at radius 1 is 1.28 bits per heavy atom. The molecule has 0 spiro atoms. The minimum atomic E-state index is 0.286. The van der Waals surface area contributed by atoms with Gasteiger partial charge in [-0.2, -0.15) is 4.98 Å². The van der Waals surface area contributed by atoms with E-state index in [0.29, 0.717) is 18.9 Å². The van der Waals surface area contributed by atoms with Gasteiger partial charge in [-0.15, -0.1) is 0 Å². The van der Waals surface area contributed by atoms with Crippen LogP contribution in [-0.2, 0) is 11.2 Å². The molecule has 3 rings (SSSR count). The second-order valence-electron chi connectivity index (χ2n) is 4.53. The summed E-state index contributed by atoms with van der Waals surface area (Å²) in [5, 5.41) is 4.02. The Bertz CT molecular complexity index is 515. The van der Waals surface area contributed by atoms with Crippen molar-refractivity contribution in [1.29, 1.82) is 0 Å². The molecule has 0 radical (unpaired) electrons. The Morgan fingerprint density at radius 2 is 2.11 bits per heavy atom. The van der Waals surface area contributed by atoms with Gasteiger partial charge in [-0.05, 0) is 24.1 Å². The molecule has 1 aliphatic heterocycles. The maximum Gasteiger partial charge on any atom is 0.231 e. The van der Waals surface area contributed by atoms with Crippen LogP contribution in [0.25, 0.3) is 0 Å². The van der Waals surface area contributed by atoms with E-state index in [2.05, 4.69) is 10.1 Å². The first kappa shape index (κ1) is 11.2. The number of rotatable bonds is 3. The van der Waals surface area contributed by atoms with Crippen LogP contribution in [-0.4, -0.2) is 23.4 Å². The fourth-order valence-electron chi connectivity index (χ4n) is 2.05. The van der Waals surface area contributed by atoms with Gasteiger partial charge in [-0.25, -0.2) is 0 Å². The molecule has 5 nitrogen and oxygen atoms in total. The van der Waals surface area contributed by atoms with E-state index in [-0.39, 0.29) is 5.92 Å². The third kappa shape index (κ3) is 2.36. The molecule has 1 aromatic heterocycles. The summed E-state index contributed by atoms with van der Waals surface area (Å²) in [6, 6.07) is 7.69. The molecule has 1 saturated heterocycles. The molecule has 18 heavy (non-hydrogen) atoms. The largest absolute Gasteiger partial charge is 0.399 e. The molecule has 5 heteroatoms. The minimum absolute atomic E-state index is 0.286. The number of benzene rings is 1. The highest BCUT2D eigenvalue weighted by molar-refractivity contribution is 5.39. The maximum absolute atomic E-state index is 5.64. The summed E-state index contributed by atoms with van der Waals surface area (Å²) in [4.78, 5) is 4.42. The zero-order valence-corrected chi connectivity index (χ0v) is 10.0. The van der Waals surface area contributed by atoms with Crippen molar-refractivity contribution in [3.8, 4) is 0 Å². The first-order valence-electron chi connectivity index (χ1n) is 6.06. The van der Waals surface area contributed by atoms with E-state index in [4.69, 9.17) is 15.0 Å². The standard InChI is InChI=1S/C13H15N3O2/c14-11-3-1-9(2-4-11)7-12-15-13(16-18-12)10-5-6-17-8-10/h1-4,10H,5-8,14H2. The van der Waals surface area contributed by atoms with Gasteiger partial charge in [0, 0.05) is 18.2 Å². The fraction of sp³-hybridized carbons (Fsp3) is 0.385. The lowest BCUT2D eigenvalue weighted by Gasteiger charge is -1.98. The topological polar surface area (TPSA) is 74.2 Å². The number of anilines is 1. The van der Waals surface area contributed by atoms with Gasteiger partial charge in [0.05, 0.1) is 13.0 Å². The highest BCUT2D eigenvalue weighted by Crippen LogP contribution is 2.23. The lowest BCUT2D eigenvalue weighted by atomic mass is 10.1. The quantitative estimate of drug-likeness (QED) is 0.834. The van der Waals surface area contributed by atoms with Crippen LogP contribution in [0.15, 0.2) is 28.8 Å². The average molecular weight is 245 g/mol. The third-order valence-corrected chi connectivity index (χ3v) is 3.11. The summed E-state index contributed by atoms with van der Waals surface area (Å²) < 4.78 is 10.6. The van der Waals surface area contributed by atoms with Gasteiger partial charge in [0.15, 0.2) is 5.82 Å². The summed E-state index contributed by atoms with van der Waals surface area (Å²) in [5.74, 6) is 1.69. The second-order valence-corrected chi connectivity index (χ2v) is 4.53. The van der Waals surface area contributed by atoms with Crippen LogP contribution in [0.4, 0.5) is 5.69 Å². The van der Waals surface area contributed by atoms with Crippen molar-refractivity contribution in [3.63, 3.8) is 0 Å². The van der Waals surface area contributed by atoms with Gasteiger partial charge in [0.1, 0.15) is 0 Å². The van der Waals surface area contributed by atoms with E-state index in [1.54, 1.807) is 0 Å². The monoisotopic (exact) mass is 245 g/mol. The molecular weight excluding hydrogens is 230 g/mol. The maximum atomic E-state index is 5.64. The number of nitrogens with zero attached hydrogens (tertiary/aromatic N) is 2. The van der Waals surface area contributed by atoms with Crippen LogP contribution in [0.2, 0.25) is 0 Å². The molecule has 2 N–H and O–H groups in total. The van der Waals surface area contributed by atoms with E-state index in [0.717, 1.165) is 30.1 Å². The molecule has 0 aliphatic carbocycles. The molecule has 1 atom stereocenters. The van der Waals surface area contributed by atoms with Crippen molar-refractivity contribution in [3.05, 3.63) is 41.5 Å². The molecule has 1 fully saturated rings. The lowest BCUT2D eigenvalue weighted by molar-refractivity contribution is 0.192. The number of nitrogen functional groups attached to an aromatic ring is 1. The Morgan fingerprint density at radius 3 is 2.83 bits per heavy atom. The molecule has 1 unspecified atom stereocenters. The molecule has 0 amide bonds. The zero-order valence-electron chi connectivity index (χ0n) is 10.0. The lowest BCUT2D eigenvalue weighted by Crippen LogP contribution is -2.00. The molecular formula is C13H15N3O2. The molecule has 1 aliphatic rings. The van der Waals surface area contributed by atoms with E-state index in [1.165, 1.54) is 0 Å². The first-order chi connectivity index (χ1) is 8.81. The number of ether oxygens (including phenoxy) is 1.